The molecule has 3 aliphatic rings. The van der Waals surface area contributed by atoms with Gasteiger partial charge in [0.25, 0.3) is 0 Å². The van der Waals surface area contributed by atoms with Crippen LogP contribution >= 0.6 is 0 Å². The normalized spacial score (nSPS) is 25.3. The lowest BCUT2D eigenvalue weighted by Gasteiger charge is -2.50. The lowest BCUT2D eigenvalue weighted by molar-refractivity contribution is -0.0445. The number of aliphatic hydroxyl groups is 1. The summed E-state index contributed by atoms with van der Waals surface area (Å²) in [6.45, 7) is 7.70. The highest BCUT2D eigenvalue weighted by atomic mass is 32.2. The number of fused-ring (bicyclic) bond motifs is 4. The van der Waals surface area contributed by atoms with Crippen LogP contribution < -0.4 is 4.74 Å². The number of sulfone groups is 1. The monoisotopic (exact) mass is 478 g/mol. The topological polar surface area (TPSA) is 79.7 Å². The van der Waals surface area contributed by atoms with Crippen LogP contribution in [0.4, 0.5) is 0 Å². The predicted molar refractivity (Wildman–Crippen MR) is 132 cm³/mol. The fourth-order valence-corrected chi connectivity index (χ4v) is 6.70. The second-order valence-electron chi connectivity index (χ2n) is 9.44. The van der Waals surface area contributed by atoms with Crippen LogP contribution in [-0.4, -0.2) is 49.6 Å². The summed E-state index contributed by atoms with van der Waals surface area (Å²) in [6.07, 6.45) is 3.13. The van der Waals surface area contributed by atoms with Crippen LogP contribution in [0, 0.1) is 18.8 Å². The average molecular weight is 479 g/mol. The third kappa shape index (κ3) is 3.91. The van der Waals surface area contributed by atoms with Crippen LogP contribution in [0.2, 0.25) is 0 Å². The van der Waals surface area contributed by atoms with Gasteiger partial charge in [0.15, 0.2) is 5.03 Å². The Morgan fingerprint density at radius 2 is 1.97 bits per heavy atom. The zero-order valence-electron chi connectivity index (χ0n) is 19.5. The molecule has 6 rings (SSSR count). The highest BCUT2D eigenvalue weighted by Gasteiger charge is 2.42. The second-order valence-corrected chi connectivity index (χ2v) is 11.3. The van der Waals surface area contributed by atoms with E-state index in [0.29, 0.717) is 34.1 Å². The van der Waals surface area contributed by atoms with Gasteiger partial charge in [0.2, 0.25) is 9.84 Å². The molecule has 3 aromatic rings. The number of aryl methyl sites for hydroxylation is 1. The van der Waals surface area contributed by atoms with Crippen LogP contribution in [0.3, 0.4) is 0 Å². The van der Waals surface area contributed by atoms with Gasteiger partial charge in [0.05, 0.1) is 23.6 Å². The second kappa shape index (κ2) is 8.80. The molecule has 3 aliphatic heterocycles. The standard InChI is InChI=1S/C27H30N2O4S/c1-4-18-16-29-12-11-19(18)13-25(29)27(30)23-15-26(28-24-10-7-20(33-3)14-22(23)24)34(31,32)21-8-5-17(2)6-9-21/h4-10,14-15,18-19,25,27,30H,1,11-13,16H2,2-3H3/t18-,19?,25+,27+/m0/s1. The Morgan fingerprint density at radius 1 is 1.21 bits per heavy atom. The van der Waals surface area contributed by atoms with E-state index in [4.69, 9.17) is 4.74 Å². The van der Waals surface area contributed by atoms with Gasteiger partial charge in [-0.2, -0.15) is 0 Å². The highest BCUT2D eigenvalue weighted by molar-refractivity contribution is 7.91. The third-order valence-electron chi connectivity index (χ3n) is 7.47. The maximum Gasteiger partial charge on any atom is 0.223 e. The molecule has 0 radical (unpaired) electrons. The third-order valence-corrected chi connectivity index (χ3v) is 9.12. The van der Waals surface area contributed by atoms with E-state index in [0.717, 1.165) is 31.5 Å². The first kappa shape index (κ1) is 23.0. The minimum Gasteiger partial charge on any atom is -0.497 e. The zero-order valence-corrected chi connectivity index (χ0v) is 20.3. The van der Waals surface area contributed by atoms with Crippen molar-refractivity contribution in [2.45, 2.75) is 41.8 Å². The smallest absolute Gasteiger partial charge is 0.223 e. The average Bonchev–Trinajstić information content (AvgIpc) is 2.87. The largest absolute Gasteiger partial charge is 0.497 e. The Hall–Kier alpha value is -2.74. The molecule has 2 unspecified atom stereocenters. The van der Waals surface area contributed by atoms with Crippen molar-refractivity contribution in [1.29, 1.82) is 0 Å². The van der Waals surface area contributed by atoms with Crippen molar-refractivity contribution in [2.75, 3.05) is 20.2 Å². The predicted octanol–water partition coefficient (Wildman–Crippen LogP) is 4.31. The molecule has 2 bridgehead atoms. The summed E-state index contributed by atoms with van der Waals surface area (Å²) in [5.74, 6) is 1.55. The Kier molecular flexibility index (Phi) is 5.96. The molecule has 178 valence electrons. The van der Waals surface area contributed by atoms with Crippen LogP contribution in [-0.2, 0) is 9.84 Å². The lowest BCUT2D eigenvalue weighted by atomic mass is 9.73. The van der Waals surface area contributed by atoms with Gasteiger partial charge in [-0.25, -0.2) is 13.4 Å². The molecule has 0 aliphatic carbocycles. The van der Waals surface area contributed by atoms with Gasteiger partial charge < -0.3 is 9.84 Å². The molecule has 1 N–H and O–H groups in total. The number of piperidine rings is 3. The number of pyridine rings is 1. The summed E-state index contributed by atoms with van der Waals surface area (Å²) >= 11 is 0. The van der Waals surface area contributed by atoms with E-state index in [1.807, 2.05) is 19.1 Å². The quantitative estimate of drug-likeness (QED) is 0.532. The van der Waals surface area contributed by atoms with Gasteiger partial charge in [-0.15, -0.1) is 6.58 Å². The van der Waals surface area contributed by atoms with E-state index >= 15 is 0 Å². The number of rotatable bonds is 6. The Labute approximate surface area is 200 Å². The lowest BCUT2D eigenvalue weighted by Crippen LogP contribution is -2.54. The van der Waals surface area contributed by atoms with Gasteiger partial charge >= 0.3 is 0 Å². The molecular weight excluding hydrogens is 448 g/mol. The molecule has 4 heterocycles. The van der Waals surface area contributed by atoms with Crippen molar-refractivity contribution in [3.05, 3.63) is 72.3 Å². The minimum absolute atomic E-state index is 0.0528. The molecule has 0 amide bonds. The minimum atomic E-state index is -3.85. The van der Waals surface area contributed by atoms with Crippen molar-refractivity contribution in [3.8, 4) is 5.75 Å². The molecule has 0 saturated carbocycles. The van der Waals surface area contributed by atoms with E-state index in [2.05, 4.69) is 16.5 Å². The van der Waals surface area contributed by atoms with Gasteiger partial charge in [0.1, 0.15) is 5.75 Å². The van der Waals surface area contributed by atoms with Crippen molar-refractivity contribution in [3.63, 3.8) is 0 Å². The fourth-order valence-electron chi connectivity index (χ4n) is 5.47. The number of aromatic nitrogens is 1. The fraction of sp³-hybridized carbons (Fsp3) is 0.370. The number of benzene rings is 2. The summed E-state index contributed by atoms with van der Waals surface area (Å²) in [5.41, 5.74) is 2.07. The molecule has 1 aromatic heterocycles. The van der Waals surface area contributed by atoms with E-state index in [-0.39, 0.29) is 16.0 Å². The number of hydrogen-bond donors (Lipinski definition) is 1. The van der Waals surface area contributed by atoms with E-state index in [9.17, 15) is 13.5 Å². The SMILES string of the molecule is C=C[C@H]1CN2CCC1C[C@@H]2[C@H](O)c1cc(S(=O)(=O)c2ccc(C)cc2)nc2ccc(OC)cc12. The van der Waals surface area contributed by atoms with Crippen LogP contribution in [0.25, 0.3) is 10.9 Å². The Morgan fingerprint density at radius 3 is 2.62 bits per heavy atom. The molecule has 34 heavy (non-hydrogen) atoms. The maximum atomic E-state index is 13.5. The summed E-state index contributed by atoms with van der Waals surface area (Å²) in [6, 6.07) is 13.6. The van der Waals surface area contributed by atoms with Crippen molar-refractivity contribution in [1.82, 2.24) is 9.88 Å². The molecule has 2 aromatic carbocycles. The number of ether oxygens (including phenoxy) is 1. The number of hydrogen-bond acceptors (Lipinski definition) is 6. The first-order chi connectivity index (χ1) is 16.3. The summed E-state index contributed by atoms with van der Waals surface area (Å²) in [7, 11) is -2.27. The van der Waals surface area contributed by atoms with E-state index in [1.54, 1.807) is 49.6 Å². The molecular formula is C27H30N2O4S. The molecule has 3 saturated heterocycles. The first-order valence-electron chi connectivity index (χ1n) is 11.7. The van der Waals surface area contributed by atoms with Gasteiger partial charge in [0, 0.05) is 18.0 Å². The maximum absolute atomic E-state index is 13.5. The van der Waals surface area contributed by atoms with Crippen molar-refractivity contribution >= 4 is 20.7 Å². The number of aliphatic hydroxyl groups excluding tert-OH is 1. The summed E-state index contributed by atoms with van der Waals surface area (Å²) in [4.78, 5) is 7.01. The molecule has 6 nitrogen and oxygen atoms in total. The van der Waals surface area contributed by atoms with Gasteiger partial charge in [-0.3, -0.25) is 4.90 Å². The van der Waals surface area contributed by atoms with Crippen molar-refractivity contribution < 1.29 is 18.3 Å². The highest BCUT2D eigenvalue weighted by Crippen LogP contribution is 2.43. The Bertz CT molecular complexity index is 1340. The molecule has 7 heteroatoms. The van der Waals surface area contributed by atoms with Crippen molar-refractivity contribution in [2.24, 2.45) is 11.8 Å². The van der Waals surface area contributed by atoms with Crippen LogP contribution in [0.15, 0.2) is 71.1 Å². The number of nitrogens with zero attached hydrogens (tertiary/aromatic N) is 2. The Balaban J connectivity index is 1.62. The molecule has 0 spiro atoms. The van der Waals surface area contributed by atoms with E-state index < -0.39 is 15.9 Å². The molecule has 3 fully saturated rings. The van der Waals surface area contributed by atoms with Gasteiger partial charge in [-0.05, 0) is 80.1 Å². The summed E-state index contributed by atoms with van der Waals surface area (Å²) < 4.78 is 32.4. The van der Waals surface area contributed by atoms with Crippen LogP contribution in [0.1, 0.15) is 30.1 Å². The summed E-state index contributed by atoms with van der Waals surface area (Å²) in [5, 5.41) is 12.3. The zero-order chi connectivity index (χ0) is 24.0. The van der Waals surface area contributed by atoms with Crippen LogP contribution in [0.5, 0.6) is 5.75 Å². The van der Waals surface area contributed by atoms with E-state index in [1.165, 1.54) is 0 Å². The van der Waals surface area contributed by atoms with Gasteiger partial charge in [-0.1, -0.05) is 23.8 Å². The molecule has 5 atom stereocenters. The number of methoxy groups -OCH3 is 1. The first-order valence-corrected chi connectivity index (χ1v) is 13.1.